The number of halogens is 2. The number of hydrogen-bond acceptors (Lipinski definition) is 2. The molecule has 2 unspecified atom stereocenters. The lowest BCUT2D eigenvalue weighted by atomic mass is 9.73. The maximum absolute atomic E-state index is 12.9. The maximum atomic E-state index is 12.9. The molecule has 2 aliphatic rings. The Morgan fingerprint density at radius 2 is 2.18 bits per heavy atom. The van der Waals surface area contributed by atoms with Crippen molar-refractivity contribution < 1.29 is 4.79 Å². The molecule has 5 heteroatoms. The molecule has 3 rings (SSSR count). The molecule has 0 saturated heterocycles. The third-order valence-corrected chi connectivity index (χ3v) is 5.82. The molecule has 1 aliphatic carbocycles. The summed E-state index contributed by atoms with van der Waals surface area (Å²) < 4.78 is 1.11. The van der Waals surface area contributed by atoms with Gasteiger partial charge in [-0.25, -0.2) is 0 Å². The van der Waals surface area contributed by atoms with Gasteiger partial charge < -0.3 is 10.6 Å². The highest BCUT2D eigenvalue weighted by Gasteiger charge is 2.40. The lowest BCUT2D eigenvalue weighted by Crippen LogP contribution is -2.54. The summed E-state index contributed by atoms with van der Waals surface area (Å²) in [6, 6.07) is 6.29. The highest BCUT2D eigenvalue weighted by atomic mass is 79.9. The van der Waals surface area contributed by atoms with E-state index in [9.17, 15) is 4.79 Å². The van der Waals surface area contributed by atoms with Gasteiger partial charge in [-0.2, -0.15) is 0 Å². The van der Waals surface area contributed by atoms with Crippen LogP contribution in [0.4, 0.5) is 0 Å². The predicted octanol–water partition coefficient (Wildman–Crippen LogP) is 3.66. The van der Waals surface area contributed by atoms with Gasteiger partial charge in [0.1, 0.15) is 0 Å². The molecule has 122 valence electrons. The van der Waals surface area contributed by atoms with Gasteiger partial charge in [0.05, 0.1) is 5.92 Å². The average Bonchev–Trinajstić information content (AvgIpc) is 2.46. The number of nitrogens with two attached hydrogens (primary N) is 1. The number of carbonyl (C=O) groups excluding carboxylic acids is 1. The van der Waals surface area contributed by atoms with Crippen LogP contribution in [0, 0.1) is 5.92 Å². The minimum Gasteiger partial charge on any atom is -0.338 e. The highest BCUT2D eigenvalue weighted by molar-refractivity contribution is 9.10. The molecule has 1 fully saturated rings. The zero-order valence-electron chi connectivity index (χ0n) is 13.0. The van der Waals surface area contributed by atoms with Crippen LogP contribution in [-0.2, 0) is 17.8 Å². The Bertz CT molecular complexity index is 562. The maximum Gasteiger partial charge on any atom is 0.227 e. The van der Waals surface area contributed by atoms with Crippen molar-refractivity contribution in [3.63, 3.8) is 0 Å². The second-order valence-corrected chi connectivity index (χ2v) is 7.55. The van der Waals surface area contributed by atoms with E-state index in [2.05, 4.69) is 34.1 Å². The summed E-state index contributed by atoms with van der Waals surface area (Å²) in [4.78, 5) is 14.9. The molecular formula is C17H24BrClN2O. The molecule has 0 radical (unpaired) electrons. The summed E-state index contributed by atoms with van der Waals surface area (Å²) in [6.07, 6.45) is 5.10. The van der Waals surface area contributed by atoms with Crippen LogP contribution in [0.5, 0.6) is 0 Å². The van der Waals surface area contributed by atoms with Gasteiger partial charge in [-0.3, -0.25) is 4.79 Å². The number of nitrogens with zero attached hydrogens (tertiary/aromatic N) is 1. The first-order valence-electron chi connectivity index (χ1n) is 7.83. The Labute approximate surface area is 147 Å². The zero-order chi connectivity index (χ0) is 15.0. The summed E-state index contributed by atoms with van der Waals surface area (Å²) in [5.74, 6) is 0.233. The van der Waals surface area contributed by atoms with Crippen molar-refractivity contribution in [3.05, 3.63) is 33.8 Å². The van der Waals surface area contributed by atoms with E-state index in [1.165, 1.54) is 11.1 Å². The molecule has 1 heterocycles. The molecular weight excluding hydrogens is 364 g/mol. The monoisotopic (exact) mass is 386 g/mol. The van der Waals surface area contributed by atoms with Crippen molar-refractivity contribution in [1.29, 1.82) is 0 Å². The number of hydrogen-bond donors (Lipinski definition) is 1. The van der Waals surface area contributed by atoms with Gasteiger partial charge in [0.25, 0.3) is 0 Å². The number of carbonyl (C=O) groups is 1. The van der Waals surface area contributed by atoms with Crippen molar-refractivity contribution in [2.24, 2.45) is 11.7 Å². The third-order valence-electron chi connectivity index (χ3n) is 5.08. The quantitative estimate of drug-likeness (QED) is 0.799. The molecule has 2 N–H and O–H groups in total. The Balaban J connectivity index is 0.00000176. The van der Waals surface area contributed by atoms with E-state index in [4.69, 9.17) is 5.73 Å². The second kappa shape index (κ2) is 6.90. The van der Waals surface area contributed by atoms with Crippen LogP contribution in [0.1, 0.15) is 43.7 Å². The van der Waals surface area contributed by atoms with Crippen molar-refractivity contribution >= 4 is 34.2 Å². The number of fused-ring (bicyclic) bond motifs is 1. The van der Waals surface area contributed by atoms with Crippen LogP contribution < -0.4 is 5.73 Å². The molecule has 1 saturated carbocycles. The summed E-state index contributed by atoms with van der Waals surface area (Å²) in [5, 5.41) is 0. The zero-order valence-corrected chi connectivity index (χ0v) is 15.4. The van der Waals surface area contributed by atoms with E-state index in [0.29, 0.717) is 6.54 Å². The Morgan fingerprint density at radius 1 is 1.41 bits per heavy atom. The number of amides is 1. The van der Waals surface area contributed by atoms with Crippen LogP contribution in [-0.4, -0.2) is 22.9 Å². The molecule has 0 bridgehead atoms. The molecule has 0 aromatic heterocycles. The summed E-state index contributed by atoms with van der Waals surface area (Å²) in [6.45, 7) is 3.57. The molecule has 1 aromatic rings. The topological polar surface area (TPSA) is 46.3 Å². The average molecular weight is 388 g/mol. The van der Waals surface area contributed by atoms with Gasteiger partial charge >= 0.3 is 0 Å². The molecule has 0 spiro atoms. The van der Waals surface area contributed by atoms with Crippen LogP contribution in [0.2, 0.25) is 0 Å². The molecule has 1 amide bonds. The van der Waals surface area contributed by atoms with Crippen molar-refractivity contribution in [2.45, 2.75) is 51.1 Å². The van der Waals surface area contributed by atoms with E-state index in [0.717, 1.165) is 43.1 Å². The van der Waals surface area contributed by atoms with Crippen molar-refractivity contribution in [3.8, 4) is 0 Å². The molecule has 2 atom stereocenters. The fourth-order valence-electron chi connectivity index (χ4n) is 3.71. The van der Waals surface area contributed by atoms with E-state index >= 15 is 0 Å². The minimum atomic E-state index is -0.344. The number of rotatable bonds is 1. The minimum absolute atomic E-state index is 0. The predicted molar refractivity (Wildman–Crippen MR) is 95.1 cm³/mol. The molecule has 22 heavy (non-hydrogen) atoms. The van der Waals surface area contributed by atoms with Crippen LogP contribution in [0.25, 0.3) is 0 Å². The lowest BCUT2D eigenvalue weighted by Gasteiger charge is -2.41. The van der Waals surface area contributed by atoms with Gasteiger partial charge in [-0.05, 0) is 43.4 Å². The Hall–Kier alpha value is -0.580. The fourth-order valence-corrected chi connectivity index (χ4v) is 4.24. The van der Waals surface area contributed by atoms with Crippen LogP contribution in [0.15, 0.2) is 22.7 Å². The van der Waals surface area contributed by atoms with Crippen LogP contribution >= 0.6 is 28.3 Å². The third kappa shape index (κ3) is 3.34. The lowest BCUT2D eigenvalue weighted by molar-refractivity contribution is -0.139. The Morgan fingerprint density at radius 3 is 2.91 bits per heavy atom. The smallest absolute Gasteiger partial charge is 0.227 e. The van der Waals surface area contributed by atoms with E-state index in [1.807, 2.05) is 11.8 Å². The van der Waals surface area contributed by atoms with Crippen LogP contribution in [0.3, 0.4) is 0 Å². The highest BCUT2D eigenvalue weighted by Crippen LogP contribution is 2.35. The summed E-state index contributed by atoms with van der Waals surface area (Å²) in [5.41, 5.74) is 8.66. The Kier molecular flexibility index (Phi) is 5.57. The largest absolute Gasteiger partial charge is 0.338 e. The van der Waals surface area contributed by atoms with E-state index < -0.39 is 0 Å². The van der Waals surface area contributed by atoms with Crippen molar-refractivity contribution in [1.82, 2.24) is 4.90 Å². The van der Waals surface area contributed by atoms with Gasteiger partial charge in [-0.15, -0.1) is 12.4 Å². The number of benzene rings is 1. The van der Waals surface area contributed by atoms with Gasteiger partial charge in [0.15, 0.2) is 0 Å². The molecule has 1 aliphatic heterocycles. The second-order valence-electron chi connectivity index (χ2n) is 6.69. The normalized spacial score (nSPS) is 27.8. The fraction of sp³-hybridized carbons (Fsp3) is 0.588. The first-order chi connectivity index (χ1) is 9.99. The summed E-state index contributed by atoms with van der Waals surface area (Å²) in [7, 11) is 0. The van der Waals surface area contributed by atoms with Crippen molar-refractivity contribution in [2.75, 3.05) is 6.54 Å². The molecule has 3 nitrogen and oxygen atoms in total. The first-order valence-corrected chi connectivity index (χ1v) is 8.62. The standard InChI is InChI=1S/C17H23BrN2O.ClH/c1-17(19)9-3-2-6-14(17)16(21)20-10-8-12-5-4-7-15(18)13(12)11-20;/h4-5,7,14H,2-3,6,8-11,19H2,1H3;1H. The first kappa shape index (κ1) is 17.8. The van der Waals surface area contributed by atoms with Gasteiger partial charge in [-0.1, -0.05) is 40.9 Å². The van der Waals surface area contributed by atoms with E-state index in [-0.39, 0.29) is 29.8 Å². The summed E-state index contributed by atoms with van der Waals surface area (Å²) >= 11 is 3.61. The van der Waals surface area contributed by atoms with Gasteiger partial charge in [0, 0.05) is 23.1 Å². The van der Waals surface area contributed by atoms with Gasteiger partial charge in [0.2, 0.25) is 5.91 Å². The molecule has 1 aromatic carbocycles. The SMILES string of the molecule is CC1(N)CCCCC1C(=O)N1CCc2cccc(Br)c2C1.Cl. The van der Waals surface area contributed by atoms with E-state index in [1.54, 1.807) is 0 Å².